The average Bonchev–Trinajstić information content (AvgIpc) is 3.66. The maximum atomic E-state index is 15.9. The zero-order valence-corrected chi connectivity index (χ0v) is 28.8. The van der Waals surface area contributed by atoms with E-state index in [0.717, 1.165) is 39.9 Å². The van der Waals surface area contributed by atoms with Gasteiger partial charge in [-0.05, 0) is 59.7 Å². The Kier molecular flexibility index (Phi) is 10.1. The van der Waals surface area contributed by atoms with E-state index in [-0.39, 0.29) is 33.8 Å². The van der Waals surface area contributed by atoms with Gasteiger partial charge in [-0.2, -0.15) is 23.4 Å². The number of ether oxygens (including phenoxy) is 3. The number of alkyl halides is 3. The van der Waals surface area contributed by atoms with Gasteiger partial charge in [0.15, 0.2) is 0 Å². The Morgan fingerprint density at radius 3 is 2.33 bits per heavy atom. The normalized spacial score (nSPS) is 11.7. The summed E-state index contributed by atoms with van der Waals surface area (Å²) >= 11 is 7.47. The minimum absolute atomic E-state index is 0.0415. The van der Waals surface area contributed by atoms with Crippen LogP contribution in [0, 0.1) is 5.82 Å². The van der Waals surface area contributed by atoms with Crippen LogP contribution in [0.25, 0.3) is 22.3 Å². The van der Waals surface area contributed by atoms with E-state index in [4.69, 9.17) is 25.8 Å². The van der Waals surface area contributed by atoms with Gasteiger partial charge in [0.2, 0.25) is 5.13 Å². The monoisotopic (exact) mass is 757 g/mol. The lowest BCUT2D eigenvalue weighted by Gasteiger charge is -2.23. The van der Waals surface area contributed by atoms with Crippen LogP contribution in [0.1, 0.15) is 11.1 Å². The molecule has 0 saturated heterocycles. The van der Waals surface area contributed by atoms with E-state index in [1.54, 1.807) is 30.3 Å². The molecule has 0 amide bonds. The number of sulfonamides is 1. The van der Waals surface area contributed by atoms with Crippen molar-refractivity contribution in [1.82, 2.24) is 20.4 Å². The molecule has 0 bridgehead atoms. The number of anilines is 1. The molecular formula is C34H24ClF4N5O5S2. The van der Waals surface area contributed by atoms with Crippen molar-refractivity contribution in [2.45, 2.75) is 17.6 Å². The number of halogens is 5. The average molecular weight is 758 g/mol. The van der Waals surface area contributed by atoms with Gasteiger partial charge in [-0.1, -0.05) is 41.1 Å². The summed E-state index contributed by atoms with van der Waals surface area (Å²) in [7, 11) is -1.78. The predicted molar refractivity (Wildman–Crippen MR) is 182 cm³/mol. The number of rotatable bonds is 11. The van der Waals surface area contributed by atoms with E-state index in [1.807, 2.05) is 0 Å². The van der Waals surface area contributed by atoms with Crippen LogP contribution in [0.3, 0.4) is 0 Å². The molecule has 2 heterocycles. The molecule has 2 aromatic heterocycles. The van der Waals surface area contributed by atoms with Crippen molar-refractivity contribution in [2.24, 2.45) is 0 Å². The van der Waals surface area contributed by atoms with Crippen molar-refractivity contribution >= 4 is 38.1 Å². The minimum Gasteiger partial charge on any atom is -0.497 e. The van der Waals surface area contributed by atoms with Gasteiger partial charge in [0.25, 0.3) is 10.0 Å². The van der Waals surface area contributed by atoms with Gasteiger partial charge in [-0.25, -0.2) is 17.1 Å². The third kappa shape index (κ3) is 7.57. The molecule has 51 heavy (non-hydrogen) atoms. The highest BCUT2D eigenvalue weighted by molar-refractivity contribution is 7.93. The molecule has 0 fully saturated rings. The molecule has 262 valence electrons. The van der Waals surface area contributed by atoms with Gasteiger partial charge in [-0.3, -0.25) is 0 Å². The molecule has 0 aliphatic heterocycles. The lowest BCUT2D eigenvalue weighted by molar-refractivity contribution is -0.137. The third-order valence-corrected chi connectivity index (χ3v) is 10.4. The van der Waals surface area contributed by atoms with Crippen molar-refractivity contribution in [3.8, 4) is 45.3 Å². The summed E-state index contributed by atoms with van der Waals surface area (Å²) in [5.41, 5.74) is 2.48. The van der Waals surface area contributed by atoms with Gasteiger partial charge in [-0.15, -0.1) is 10.2 Å². The van der Waals surface area contributed by atoms with E-state index < -0.39 is 32.5 Å². The molecule has 4 aromatic carbocycles. The van der Waals surface area contributed by atoms with Crippen LogP contribution < -0.4 is 18.5 Å². The van der Waals surface area contributed by atoms with E-state index in [0.29, 0.717) is 33.8 Å². The van der Waals surface area contributed by atoms with Crippen LogP contribution in [-0.4, -0.2) is 43.0 Å². The Morgan fingerprint density at radius 1 is 0.843 bits per heavy atom. The molecule has 0 radical (unpaired) electrons. The Balaban J connectivity index is 1.37. The number of aromatic nitrogens is 4. The van der Waals surface area contributed by atoms with Crippen LogP contribution >= 0.6 is 22.9 Å². The number of hydrogen-bond donors (Lipinski definition) is 0. The van der Waals surface area contributed by atoms with Gasteiger partial charge in [0.1, 0.15) is 39.2 Å². The van der Waals surface area contributed by atoms with Gasteiger partial charge < -0.3 is 14.2 Å². The van der Waals surface area contributed by atoms with Crippen LogP contribution in [-0.2, 0) is 22.7 Å². The summed E-state index contributed by atoms with van der Waals surface area (Å²) in [5, 5.41) is 15.0. The first kappa shape index (κ1) is 35.5. The molecule has 0 aliphatic carbocycles. The van der Waals surface area contributed by atoms with Gasteiger partial charge in [0.05, 0.1) is 43.7 Å². The molecule has 0 aliphatic rings. The van der Waals surface area contributed by atoms with Crippen LogP contribution in [0.15, 0.2) is 102 Å². The van der Waals surface area contributed by atoms with E-state index >= 15 is 4.39 Å². The standard InChI is InChI=1S/C34H24ClF4N5O5S2/c1-47-25-8-6-23(30(14-25)48-2)18-44(33-43-42-19-50-33)51(45,46)32-15-27(35)31(16-28(32)36)49-29-9-7-21(13-26(29)22-10-11-40-41-17-22)20-4-3-5-24(12-20)34(37,38)39/h3-17,19H,18H2,1-2H3. The largest absolute Gasteiger partial charge is 0.497 e. The first-order chi connectivity index (χ1) is 24.4. The smallest absolute Gasteiger partial charge is 0.416 e. The van der Waals surface area contributed by atoms with Crippen molar-refractivity contribution < 1.29 is 40.2 Å². The SMILES string of the molecule is COc1ccc(CN(c2nncs2)S(=O)(=O)c2cc(Cl)c(Oc3ccc(-c4cccc(C(F)(F)F)c4)cc3-c3ccnnc3)cc2F)c(OC)c1. The summed E-state index contributed by atoms with van der Waals surface area (Å²) in [6, 6.07) is 17.6. The zero-order valence-electron chi connectivity index (χ0n) is 26.4. The Hall–Kier alpha value is -5.32. The predicted octanol–water partition coefficient (Wildman–Crippen LogP) is 8.68. The molecule has 0 spiro atoms. The first-order valence-corrected chi connectivity index (χ1v) is 17.3. The van der Waals surface area contributed by atoms with Crippen LogP contribution in [0.5, 0.6) is 23.0 Å². The number of methoxy groups -OCH3 is 2. The lowest BCUT2D eigenvalue weighted by Crippen LogP contribution is -2.31. The lowest BCUT2D eigenvalue weighted by atomic mass is 9.98. The Morgan fingerprint density at radius 2 is 1.65 bits per heavy atom. The molecule has 0 N–H and O–H groups in total. The highest BCUT2D eigenvalue weighted by Crippen LogP contribution is 2.42. The quantitative estimate of drug-likeness (QED) is 0.120. The van der Waals surface area contributed by atoms with E-state index in [9.17, 15) is 21.6 Å². The fraction of sp³-hybridized carbons (Fsp3) is 0.118. The molecule has 6 aromatic rings. The fourth-order valence-corrected chi connectivity index (χ4v) is 7.56. The molecule has 6 rings (SSSR count). The van der Waals surface area contributed by atoms with Gasteiger partial charge in [0, 0.05) is 28.8 Å². The van der Waals surface area contributed by atoms with Crippen molar-refractivity contribution in [1.29, 1.82) is 0 Å². The van der Waals surface area contributed by atoms with Crippen LogP contribution in [0.2, 0.25) is 5.02 Å². The summed E-state index contributed by atoms with van der Waals surface area (Å²) in [4.78, 5) is -0.763. The minimum atomic E-state index is -4.66. The summed E-state index contributed by atoms with van der Waals surface area (Å²) in [6.45, 7) is -0.304. The molecular weight excluding hydrogens is 734 g/mol. The van der Waals surface area contributed by atoms with E-state index in [2.05, 4.69) is 20.4 Å². The van der Waals surface area contributed by atoms with Crippen molar-refractivity contribution in [2.75, 3.05) is 18.5 Å². The topological polar surface area (TPSA) is 117 Å². The number of hydrogen-bond acceptors (Lipinski definition) is 10. The maximum absolute atomic E-state index is 15.9. The maximum Gasteiger partial charge on any atom is 0.416 e. The third-order valence-electron chi connectivity index (χ3n) is 7.54. The van der Waals surface area contributed by atoms with Crippen LogP contribution in [0.4, 0.5) is 22.7 Å². The number of nitrogens with zero attached hydrogens (tertiary/aromatic N) is 5. The van der Waals surface area contributed by atoms with E-state index in [1.165, 1.54) is 56.4 Å². The number of benzene rings is 4. The fourth-order valence-electron chi connectivity index (χ4n) is 5.04. The zero-order chi connectivity index (χ0) is 36.3. The molecule has 0 atom stereocenters. The summed E-state index contributed by atoms with van der Waals surface area (Å²) in [5.74, 6) is -0.498. The summed E-state index contributed by atoms with van der Waals surface area (Å²) < 4.78 is 102. The molecule has 0 unspecified atom stereocenters. The molecule has 0 saturated carbocycles. The van der Waals surface area contributed by atoms with Crippen molar-refractivity contribution in [3.63, 3.8) is 0 Å². The summed E-state index contributed by atoms with van der Waals surface area (Å²) in [6.07, 6.45) is -1.72. The first-order valence-electron chi connectivity index (χ1n) is 14.6. The Labute approximate surface area is 297 Å². The Bertz CT molecular complexity index is 2300. The second-order valence-electron chi connectivity index (χ2n) is 10.6. The highest BCUT2D eigenvalue weighted by Gasteiger charge is 2.33. The highest BCUT2D eigenvalue weighted by atomic mass is 35.5. The van der Waals surface area contributed by atoms with Crippen molar-refractivity contribution in [3.05, 3.63) is 119 Å². The molecule has 10 nitrogen and oxygen atoms in total. The second kappa shape index (κ2) is 14.5. The molecule has 17 heteroatoms. The van der Waals surface area contributed by atoms with Gasteiger partial charge >= 0.3 is 6.18 Å². The second-order valence-corrected chi connectivity index (χ2v) is 13.7.